The molecule has 0 radical (unpaired) electrons. The third-order valence-electron chi connectivity index (χ3n) is 5.79. The molecule has 1 aliphatic heterocycles. The number of carbonyl (C=O) groups excluding carboxylic acids is 2. The summed E-state index contributed by atoms with van der Waals surface area (Å²) in [5, 5.41) is 4.10. The lowest BCUT2D eigenvalue weighted by atomic mass is 10.0. The van der Waals surface area contributed by atoms with E-state index < -0.39 is 5.60 Å². The zero-order valence-electron chi connectivity index (χ0n) is 18.7. The lowest BCUT2D eigenvalue weighted by Crippen LogP contribution is -2.50. The van der Waals surface area contributed by atoms with E-state index in [1.54, 1.807) is 9.58 Å². The van der Waals surface area contributed by atoms with Gasteiger partial charge in [-0.05, 0) is 58.6 Å². The second kappa shape index (κ2) is 8.32. The lowest BCUT2D eigenvalue weighted by Gasteiger charge is -2.39. The molecule has 0 bridgehead atoms. The van der Waals surface area contributed by atoms with E-state index in [1.807, 2.05) is 52.1 Å². The van der Waals surface area contributed by atoms with Crippen LogP contribution in [0.1, 0.15) is 56.8 Å². The topological polar surface area (TPSA) is 80.6 Å². The Hall–Kier alpha value is -2.90. The van der Waals surface area contributed by atoms with Gasteiger partial charge in [0.25, 0.3) is 5.91 Å². The van der Waals surface area contributed by atoms with Crippen molar-refractivity contribution in [3.63, 3.8) is 0 Å². The largest absolute Gasteiger partial charge is 0.444 e. The molecule has 2 aromatic rings. The molecule has 166 valence electrons. The smallest absolute Gasteiger partial charge is 0.410 e. The number of hydrogen-bond acceptors (Lipinski definition) is 5. The van der Waals surface area contributed by atoms with E-state index in [0.717, 1.165) is 37.1 Å². The van der Waals surface area contributed by atoms with Crippen molar-refractivity contribution in [2.24, 2.45) is 7.05 Å². The molecule has 2 heterocycles. The minimum absolute atomic E-state index is 0.0720. The monoisotopic (exact) mass is 425 g/mol. The summed E-state index contributed by atoms with van der Waals surface area (Å²) in [5.74, 6) is 0.843. The van der Waals surface area contributed by atoms with Crippen LogP contribution in [-0.4, -0.2) is 67.3 Å². The molecule has 2 aliphatic rings. The standard InChI is InChI=1S/C23H31N5O3/c1-23(2,3)31-22(30)27-13-11-19(12-14-27)28(18-9-10-18)21(29)17-7-5-16(6-8-17)20-24-15-25-26(20)4/h5-8,15,18-19H,9-14H2,1-4H3. The van der Waals surface area contributed by atoms with Crippen molar-refractivity contribution in [2.45, 2.75) is 64.1 Å². The van der Waals surface area contributed by atoms with E-state index in [0.29, 0.717) is 24.7 Å². The maximum atomic E-state index is 13.4. The van der Waals surface area contributed by atoms with Gasteiger partial charge in [0, 0.05) is 43.3 Å². The number of aryl methyl sites for hydroxylation is 1. The predicted octanol–water partition coefficient (Wildman–Crippen LogP) is 3.49. The number of rotatable bonds is 4. The van der Waals surface area contributed by atoms with Crippen molar-refractivity contribution in [1.29, 1.82) is 0 Å². The van der Waals surface area contributed by atoms with E-state index in [1.165, 1.54) is 6.33 Å². The second-order valence-electron chi connectivity index (χ2n) is 9.43. The first kappa shape index (κ1) is 21.3. The van der Waals surface area contributed by atoms with Crippen LogP contribution in [0.4, 0.5) is 4.79 Å². The summed E-state index contributed by atoms with van der Waals surface area (Å²) in [4.78, 5) is 33.8. The molecule has 2 amide bonds. The SMILES string of the molecule is Cn1ncnc1-c1ccc(C(=O)N(C2CC2)C2CCN(C(=O)OC(C)(C)C)CC2)cc1. The van der Waals surface area contributed by atoms with Crippen molar-refractivity contribution < 1.29 is 14.3 Å². The van der Waals surface area contributed by atoms with Crippen LogP contribution in [0.2, 0.25) is 0 Å². The number of aromatic nitrogens is 3. The van der Waals surface area contributed by atoms with Gasteiger partial charge in [-0.15, -0.1) is 0 Å². The van der Waals surface area contributed by atoms with Crippen LogP contribution < -0.4 is 0 Å². The first-order chi connectivity index (χ1) is 14.7. The molecule has 1 aliphatic carbocycles. The Bertz CT molecular complexity index is 935. The molecule has 1 aromatic heterocycles. The number of amides is 2. The molecule has 0 atom stereocenters. The fourth-order valence-electron chi connectivity index (χ4n) is 4.10. The average molecular weight is 426 g/mol. The Morgan fingerprint density at radius 3 is 2.16 bits per heavy atom. The molecule has 8 nitrogen and oxygen atoms in total. The molecule has 1 saturated carbocycles. The molecule has 2 fully saturated rings. The summed E-state index contributed by atoms with van der Waals surface area (Å²) in [6, 6.07) is 8.05. The maximum absolute atomic E-state index is 13.4. The van der Waals surface area contributed by atoms with Crippen molar-refractivity contribution in [3.05, 3.63) is 36.2 Å². The normalized spacial score (nSPS) is 17.5. The number of piperidine rings is 1. The molecule has 1 saturated heterocycles. The fraction of sp³-hybridized carbons (Fsp3) is 0.565. The first-order valence-electron chi connectivity index (χ1n) is 11.0. The van der Waals surface area contributed by atoms with Crippen molar-refractivity contribution in [2.75, 3.05) is 13.1 Å². The molecule has 0 unspecified atom stereocenters. The summed E-state index contributed by atoms with van der Waals surface area (Å²) >= 11 is 0. The Morgan fingerprint density at radius 1 is 1.03 bits per heavy atom. The van der Waals surface area contributed by atoms with Crippen LogP contribution in [0.25, 0.3) is 11.4 Å². The van der Waals surface area contributed by atoms with Gasteiger partial charge in [0.15, 0.2) is 5.82 Å². The zero-order valence-corrected chi connectivity index (χ0v) is 18.7. The number of benzene rings is 1. The fourth-order valence-corrected chi connectivity index (χ4v) is 4.10. The Kier molecular flexibility index (Phi) is 5.73. The van der Waals surface area contributed by atoms with Crippen molar-refractivity contribution in [1.82, 2.24) is 24.6 Å². The van der Waals surface area contributed by atoms with Gasteiger partial charge in [-0.1, -0.05) is 12.1 Å². The van der Waals surface area contributed by atoms with E-state index in [4.69, 9.17) is 4.74 Å². The molecule has 31 heavy (non-hydrogen) atoms. The summed E-state index contributed by atoms with van der Waals surface area (Å²) in [5.41, 5.74) is 1.12. The highest BCUT2D eigenvalue weighted by Crippen LogP contribution is 2.33. The molecule has 0 N–H and O–H groups in total. The molecular formula is C23H31N5O3. The average Bonchev–Trinajstić information content (AvgIpc) is 3.47. The van der Waals surface area contributed by atoms with Gasteiger partial charge >= 0.3 is 6.09 Å². The van der Waals surface area contributed by atoms with Gasteiger partial charge in [-0.2, -0.15) is 5.10 Å². The Morgan fingerprint density at radius 2 is 1.65 bits per heavy atom. The predicted molar refractivity (Wildman–Crippen MR) is 116 cm³/mol. The lowest BCUT2D eigenvalue weighted by molar-refractivity contribution is 0.0142. The van der Waals surface area contributed by atoms with Gasteiger partial charge in [-0.25, -0.2) is 14.5 Å². The van der Waals surface area contributed by atoms with E-state index in [2.05, 4.69) is 15.0 Å². The first-order valence-corrected chi connectivity index (χ1v) is 11.0. The van der Waals surface area contributed by atoms with Gasteiger partial charge in [0.1, 0.15) is 11.9 Å². The summed E-state index contributed by atoms with van der Waals surface area (Å²) < 4.78 is 7.21. The minimum Gasteiger partial charge on any atom is -0.444 e. The maximum Gasteiger partial charge on any atom is 0.410 e. The molecular weight excluding hydrogens is 394 g/mol. The number of nitrogens with zero attached hydrogens (tertiary/aromatic N) is 5. The van der Waals surface area contributed by atoms with Crippen LogP contribution in [0.5, 0.6) is 0 Å². The summed E-state index contributed by atoms with van der Waals surface area (Å²) in [6.07, 6.45) is 4.91. The van der Waals surface area contributed by atoms with E-state index in [9.17, 15) is 9.59 Å². The van der Waals surface area contributed by atoms with Crippen molar-refractivity contribution in [3.8, 4) is 11.4 Å². The Balaban J connectivity index is 1.42. The minimum atomic E-state index is -0.499. The highest BCUT2D eigenvalue weighted by Gasteiger charge is 2.39. The third kappa shape index (κ3) is 4.89. The van der Waals surface area contributed by atoms with Crippen LogP contribution in [0.3, 0.4) is 0 Å². The third-order valence-corrected chi connectivity index (χ3v) is 5.79. The Labute approximate surface area is 183 Å². The zero-order chi connectivity index (χ0) is 22.2. The molecule has 1 aromatic carbocycles. The van der Waals surface area contributed by atoms with Gasteiger partial charge in [0.2, 0.25) is 0 Å². The highest BCUT2D eigenvalue weighted by molar-refractivity contribution is 5.95. The number of likely N-dealkylation sites (tertiary alicyclic amines) is 1. The molecule has 8 heteroatoms. The molecule has 0 spiro atoms. The van der Waals surface area contributed by atoms with Crippen molar-refractivity contribution >= 4 is 12.0 Å². The summed E-state index contributed by atoms with van der Waals surface area (Å²) in [7, 11) is 1.85. The highest BCUT2D eigenvalue weighted by atomic mass is 16.6. The number of ether oxygens (including phenoxy) is 1. The van der Waals surface area contributed by atoms with E-state index in [-0.39, 0.29) is 18.0 Å². The quantitative estimate of drug-likeness (QED) is 0.749. The van der Waals surface area contributed by atoms with Crippen LogP contribution >= 0.6 is 0 Å². The van der Waals surface area contributed by atoms with Gasteiger partial charge in [0.05, 0.1) is 0 Å². The van der Waals surface area contributed by atoms with Gasteiger partial charge < -0.3 is 14.5 Å². The molecule has 4 rings (SSSR count). The van der Waals surface area contributed by atoms with Crippen LogP contribution in [0, 0.1) is 0 Å². The number of hydrogen-bond donors (Lipinski definition) is 0. The van der Waals surface area contributed by atoms with Gasteiger partial charge in [-0.3, -0.25) is 4.79 Å². The van der Waals surface area contributed by atoms with Crippen LogP contribution in [0.15, 0.2) is 30.6 Å². The second-order valence-corrected chi connectivity index (χ2v) is 9.43. The number of carbonyl (C=O) groups is 2. The van der Waals surface area contributed by atoms with Crippen LogP contribution in [-0.2, 0) is 11.8 Å². The van der Waals surface area contributed by atoms with E-state index >= 15 is 0 Å². The summed E-state index contributed by atoms with van der Waals surface area (Å²) in [6.45, 7) is 6.85.